The lowest BCUT2D eigenvalue weighted by atomic mass is 10.4. The number of anilines is 2. The molecule has 0 unspecified atom stereocenters. The number of nitrogens with zero attached hydrogens (tertiary/aromatic N) is 4. The highest BCUT2D eigenvalue weighted by molar-refractivity contribution is 6.29. The van der Waals surface area contributed by atoms with Crippen LogP contribution in [0.3, 0.4) is 0 Å². The summed E-state index contributed by atoms with van der Waals surface area (Å²) in [4.78, 5) is 14.4. The van der Waals surface area contributed by atoms with Gasteiger partial charge in [-0.1, -0.05) is 18.2 Å². The zero-order valence-electron chi connectivity index (χ0n) is 9.70. The molecule has 0 aliphatic carbocycles. The molecule has 98 valence electrons. The molecule has 2 heterocycles. The Morgan fingerprint density at radius 1 is 1.33 bits per heavy atom. The Morgan fingerprint density at radius 3 is 2.72 bits per heavy atom. The number of hydrogen-bond acceptors (Lipinski definition) is 6. The Balaban J connectivity index is 2.12. The van der Waals surface area contributed by atoms with Gasteiger partial charge in [0.1, 0.15) is 0 Å². The van der Waals surface area contributed by atoms with Crippen LogP contribution in [-0.4, -0.2) is 47.8 Å². The molecule has 2 rings (SSSR count). The van der Waals surface area contributed by atoms with Gasteiger partial charge in [-0.05, 0) is 11.6 Å². The van der Waals surface area contributed by atoms with Crippen LogP contribution >= 0.6 is 23.2 Å². The molecule has 0 radical (unpaired) electrons. The third-order valence-corrected chi connectivity index (χ3v) is 2.63. The van der Waals surface area contributed by atoms with Gasteiger partial charge in [0.2, 0.25) is 17.2 Å². The van der Waals surface area contributed by atoms with Crippen molar-refractivity contribution in [3.63, 3.8) is 0 Å². The summed E-state index contributed by atoms with van der Waals surface area (Å²) in [6, 6.07) is 0. The summed E-state index contributed by atoms with van der Waals surface area (Å²) >= 11 is 11.5. The maximum absolute atomic E-state index is 5.87. The molecule has 1 saturated heterocycles. The van der Waals surface area contributed by atoms with E-state index in [0.717, 1.165) is 13.1 Å². The molecule has 1 N–H and O–H groups in total. The highest BCUT2D eigenvalue weighted by Crippen LogP contribution is 2.15. The molecular weight excluding hydrogens is 277 g/mol. The van der Waals surface area contributed by atoms with Crippen molar-refractivity contribution in [2.24, 2.45) is 0 Å². The molecular formula is C10H13Cl2N5O. The Hall–Kier alpha value is -1.11. The minimum atomic E-state index is 0.147. The minimum absolute atomic E-state index is 0.147. The van der Waals surface area contributed by atoms with Crippen molar-refractivity contribution in [2.75, 3.05) is 43.1 Å². The van der Waals surface area contributed by atoms with Crippen LogP contribution < -0.4 is 10.2 Å². The Labute approximate surface area is 115 Å². The topological polar surface area (TPSA) is 63.2 Å². The van der Waals surface area contributed by atoms with Gasteiger partial charge in [-0.3, -0.25) is 0 Å². The largest absolute Gasteiger partial charge is 0.378 e. The molecule has 0 aromatic carbocycles. The van der Waals surface area contributed by atoms with E-state index in [9.17, 15) is 0 Å². The molecule has 1 aliphatic rings. The number of halogens is 2. The highest BCUT2D eigenvalue weighted by Gasteiger charge is 2.15. The van der Waals surface area contributed by atoms with E-state index in [1.807, 2.05) is 4.90 Å². The normalized spacial score (nSPS) is 15.6. The zero-order chi connectivity index (χ0) is 13.0. The first-order valence-corrected chi connectivity index (χ1v) is 6.22. The fourth-order valence-electron chi connectivity index (χ4n) is 1.50. The van der Waals surface area contributed by atoms with E-state index in [1.165, 1.54) is 0 Å². The quantitative estimate of drug-likeness (QED) is 0.907. The van der Waals surface area contributed by atoms with E-state index >= 15 is 0 Å². The number of ether oxygens (including phenoxy) is 1. The van der Waals surface area contributed by atoms with Crippen molar-refractivity contribution in [2.45, 2.75) is 0 Å². The fourth-order valence-corrected chi connectivity index (χ4v) is 1.72. The van der Waals surface area contributed by atoms with Gasteiger partial charge < -0.3 is 15.0 Å². The maximum atomic E-state index is 5.87. The third-order valence-electron chi connectivity index (χ3n) is 2.33. The van der Waals surface area contributed by atoms with Crippen molar-refractivity contribution in [1.82, 2.24) is 15.0 Å². The molecule has 0 spiro atoms. The SMILES string of the molecule is C=C(Cl)CNc1nc(Cl)nc(N2CCOCC2)n1. The Kier molecular flexibility index (Phi) is 4.57. The number of rotatable bonds is 4. The van der Waals surface area contributed by atoms with Crippen molar-refractivity contribution in [3.8, 4) is 0 Å². The summed E-state index contributed by atoms with van der Waals surface area (Å²) in [6.07, 6.45) is 0. The summed E-state index contributed by atoms with van der Waals surface area (Å²) in [5, 5.41) is 3.55. The van der Waals surface area contributed by atoms with Crippen molar-refractivity contribution in [3.05, 3.63) is 16.9 Å². The van der Waals surface area contributed by atoms with Gasteiger partial charge in [0.15, 0.2) is 0 Å². The molecule has 0 amide bonds. The standard InChI is InChI=1S/C10H13Cl2N5O/c1-7(11)6-13-9-14-8(12)15-10(16-9)17-2-4-18-5-3-17/h1-6H2,(H,13,14,15,16). The molecule has 0 atom stereocenters. The summed E-state index contributed by atoms with van der Waals surface area (Å²) in [5.74, 6) is 0.930. The Morgan fingerprint density at radius 2 is 2.06 bits per heavy atom. The molecule has 18 heavy (non-hydrogen) atoms. The number of nitrogens with one attached hydrogen (secondary N) is 1. The lowest BCUT2D eigenvalue weighted by Crippen LogP contribution is -2.37. The highest BCUT2D eigenvalue weighted by atomic mass is 35.5. The number of aromatic nitrogens is 3. The van der Waals surface area contributed by atoms with Gasteiger partial charge in [-0.15, -0.1) is 0 Å². The second-order valence-electron chi connectivity index (χ2n) is 3.70. The monoisotopic (exact) mass is 289 g/mol. The van der Waals surface area contributed by atoms with E-state index in [4.69, 9.17) is 27.9 Å². The summed E-state index contributed by atoms with van der Waals surface area (Å²) < 4.78 is 5.27. The molecule has 8 heteroatoms. The van der Waals surface area contributed by atoms with Gasteiger partial charge in [0, 0.05) is 18.1 Å². The van der Waals surface area contributed by atoms with Crippen molar-refractivity contribution in [1.29, 1.82) is 0 Å². The number of hydrogen-bond donors (Lipinski definition) is 1. The smallest absolute Gasteiger partial charge is 0.231 e. The van der Waals surface area contributed by atoms with Crippen LogP contribution in [0.4, 0.5) is 11.9 Å². The molecule has 1 fully saturated rings. The first-order chi connectivity index (χ1) is 8.65. The van der Waals surface area contributed by atoms with Crippen LogP contribution in [0.15, 0.2) is 11.6 Å². The first kappa shape index (κ1) is 13.3. The van der Waals surface area contributed by atoms with Crippen LogP contribution in [0.1, 0.15) is 0 Å². The molecule has 6 nitrogen and oxygen atoms in total. The predicted octanol–water partition coefficient (Wildman–Crippen LogP) is 1.53. The average molecular weight is 290 g/mol. The van der Waals surface area contributed by atoms with Gasteiger partial charge in [0.05, 0.1) is 19.8 Å². The van der Waals surface area contributed by atoms with Gasteiger partial charge in [-0.25, -0.2) is 0 Å². The zero-order valence-corrected chi connectivity index (χ0v) is 11.2. The lowest BCUT2D eigenvalue weighted by molar-refractivity contribution is 0.122. The van der Waals surface area contributed by atoms with Crippen LogP contribution in [0.2, 0.25) is 5.28 Å². The molecule has 1 aromatic heterocycles. The molecule has 1 aliphatic heterocycles. The van der Waals surface area contributed by atoms with Crippen LogP contribution in [-0.2, 0) is 4.74 Å². The van der Waals surface area contributed by atoms with E-state index in [-0.39, 0.29) is 5.28 Å². The summed E-state index contributed by atoms with van der Waals surface area (Å²) in [5.41, 5.74) is 0. The van der Waals surface area contributed by atoms with Crippen molar-refractivity contribution < 1.29 is 4.74 Å². The predicted molar refractivity (Wildman–Crippen MR) is 71.4 cm³/mol. The van der Waals surface area contributed by atoms with Gasteiger partial charge in [0.25, 0.3) is 0 Å². The van der Waals surface area contributed by atoms with Gasteiger partial charge >= 0.3 is 0 Å². The second kappa shape index (κ2) is 6.17. The lowest BCUT2D eigenvalue weighted by Gasteiger charge is -2.26. The van der Waals surface area contributed by atoms with E-state index in [2.05, 4.69) is 26.8 Å². The molecule has 1 aromatic rings. The second-order valence-corrected chi connectivity index (χ2v) is 4.57. The third kappa shape index (κ3) is 3.69. The molecule has 0 saturated carbocycles. The first-order valence-electron chi connectivity index (χ1n) is 5.46. The number of morpholine rings is 1. The summed E-state index contributed by atoms with van der Waals surface area (Å²) in [7, 11) is 0. The van der Waals surface area contributed by atoms with Crippen molar-refractivity contribution >= 4 is 35.1 Å². The minimum Gasteiger partial charge on any atom is -0.378 e. The Bertz CT molecular complexity index is 436. The van der Waals surface area contributed by atoms with Crippen LogP contribution in [0, 0.1) is 0 Å². The van der Waals surface area contributed by atoms with E-state index in [0.29, 0.717) is 36.7 Å². The fraction of sp³-hybridized carbons (Fsp3) is 0.500. The van der Waals surface area contributed by atoms with E-state index in [1.54, 1.807) is 0 Å². The average Bonchev–Trinajstić information content (AvgIpc) is 2.37. The van der Waals surface area contributed by atoms with Gasteiger partial charge in [-0.2, -0.15) is 15.0 Å². The maximum Gasteiger partial charge on any atom is 0.231 e. The van der Waals surface area contributed by atoms with Crippen LogP contribution in [0.25, 0.3) is 0 Å². The van der Waals surface area contributed by atoms with Crippen LogP contribution in [0.5, 0.6) is 0 Å². The molecule has 0 bridgehead atoms. The van der Waals surface area contributed by atoms with E-state index < -0.39 is 0 Å². The summed E-state index contributed by atoms with van der Waals surface area (Å²) in [6.45, 7) is 6.75.